The molecule has 0 spiro atoms. The minimum atomic E-state index is -0.0169. The van der Waals surface area contributed by atoms with Crippen LogP contribution in [-0.4, -0.2) is 32.9 Å². The zero-order chi connectivity index (χ0) is 20.3. The van der Waals surface area contributed by atoms with Crippen molar-refractivity contribution < 1.29 is 18.7 Å². The SMILES string of the molecule is COc1ccc(-c2oc3ccc(C(C)CNC(C)=O)cc3c2SC)cc1OC. The Morgan fingerprint density at radius 1 is 1.14 bits per heavy atom. The summed E-state index contributed by atoms with van der Waals surface area (Å²) in [5.41, 5.74) is 2.94. The fraction of sp³-hybridized carbons (Fsp3) is 0.318. The summed E-state index contributed by atoms with van der Waals surface area (Å²) in [7, 11) is 3.24. The summed E-state index contributed by atoms with van der Waals surface area (Å²) in [5.74, 6) is 2.36. The fourth-order valence-electron chi connectivity index (χ4n) is 3.18. The molecule has 2 aromatic carbocycles. The number of methoxy groups -OCH3 is 2. The van der Waals surface area contributed by atoms with Gasteiger partial charge < -0.3 is 19.2 Å². The average molecular weight is 400 g/mol. The van der Waals surface area contributed by atoms with Crippen LogP contribution in [0.25, 0.3) is 22.3 Å². The van der Waals surface area contributed by atoms with Gasteiger partial charge in [-0.1, -0.05) is 13.0 Å². The molecule has 0 aliphatic heterocycles. The molecule has 3 rings (SSSR count). The number of benzene rings is 2. The molecule has 1 amide bonds. The molecule has 0 bridgehead atoms. The Kier molecular flexibility index (Phi) is 6.19. The Morgan fingerprint density at radius 3 is 2.54 bits per heavy atom. The van der Waals surface area contributed by atoms with Crippen LogP contribution in [0.4, 0.5) is 0 Å². The van der Waals surface area contributed by atoms with Gasteiger partial charge >= 0.3 is 0 Å². The summed E-state index contributed by atoms with van der Waals surface area (Å²) >= 11 is 1.65. The zero-order valence-electron chi connectivity index (χ0n) is 16.8. The van der Waals surface area contributed by atoms with Crippen LogP contribution in [0, 0.1) is 0 Å². The standard InChI is InChI=1S/C22H25NO4S/c1-13(12-23-14(2)24)15-6-8-18-17(10-15)22(28-5)21(27-18)16-7-9-19(25-3)20(11-16)26-4/h6-11,13H,12H2,1-5H3,(H,23,24). The number of ether oxygens (including phenoxy) is 2. The molecule has 1 N–H and O–H groups in total. The first kappa shape index (κ1) is 20.1. The number of rotatable bonds is 7. The van der Waals surface area contributed by atoms with Crippen molar-refractivity contribution in [3.63, 3.8) is 0 Å². The van der Waals surface area contributed by atoms with Crippen molar-refractivity contribution in [2.75, 3.05) is 27.0 Å². The summed E-state index contributed by atoms with van der Waals surface area (Å²) in [4.78, 5) is 12.3. The Hall–Kier alpha value is -2.60. The number of furan rings is 1. The molecule has 0 fully saturated rings. The third kappa shape index (κ3) is 3.97. The van der Waals surface area contributed by atoms with Crippen molar-refractivity contribution in [2.45, 2.75) is 24.7 Å². The molecule has 148 valence electrons. The van der Waals surface area contributed by atoms with Crippen LogP contribution in [-0.2, 0) is 4.79 Å². The molecule has 1 aromatic heterocycles. The molecule has 1 heterocycles. The van der Waals surface area contributed by atoms with E-state index >= 15 is 0 Å². The highest BCUT2D eigenvalue weighted by Crippen LogP contribution is 2.42. The molecule has 1 unspecified atom stereocenters. The van der Waals surface area contributed by atoms with Crippen molar-refractivity contribution in [3.05, 3.63) is 42.0 Å². The van der Waals surface area contributed by atoms with Crippen LogP contribution < -0.4 is 14.8 Å². The predicted molar refractivity (Wildman–Crippen MR) is 114 cm³/mol. The summed E-state index contributed by atoms with van der Waals surface area (Å²) < 4.78 is 17.0. The zero-order valence-corrected chi connectivity index (χ0v) is 17.6. The molecule has 0 saturated carbocycles. The Morgan fingerprint density at radius 2 is 1.89 bits per heavy atom. The first-order valence-corrected chi connectivity index (χ1v) is 10.3. The van der Waals surface area contributed by atoms with E-state index in [0.717, 1.165) is 32.8 Å². The van der Waals surface area contributed by atoms with Crippen LogP contribution in [0.15, 0.2) is 45.7 Å². The molecule has 0 aliphatic rings. The Balaban J connectivity index is 2.04. The van der Waals surface area contributed by atoms with E-state index in [9.17, 15) is 4.79 Å². The molecule has 0 radical (unpaired) electrons. The maximum Gasteiger partial charge on any atom is 0.216 e. The predicted octanol–water partition coefficient (Wildman–Crippen LogP) is 5.08. The van der Waals surface area contributed by atoms with Crippen molar-refractivity contribution in [1.82, 2.24) is 5.32 Å². The molecule has 6 heteroatoms. The monoisotopic (exact) mass is 399 g/mol. The molecule has 5 nitrogen and oxygen atoms in total. The lowest BCUT2D eigenvalue weighted by molar-refractivity contribution is -0.119. The quantitative estimate of drug-likeness (QED) is 0.562. The van der Waals surface area contributed by atoms with Crippen LogP contribution in [0.1, 0.15) is 25.3 Å². The van der Waals surface area contributed by atoms with Crippen molar-refractivity contribution in [2.24, 2.45) is 0 Å². The van der Waals surface area contributed by atoms with Gasteiger partial charge in [-0.2, -0.15) is 0 Å². The highest BCUT2D eigenvalue weighted by molar-refractivity contribution is 7.99. The number of thioether (sulfide) groups is 1. The molecule has 0 aliphatic carbocycles. The van der Waals surface area contributed by atoms with Gasteiger partial charge in [-0.3, -0.25) is 4.79 Å². The third-order valence-electron chi connectivity index (χ3n) is 4.74. The molecular formula is C22H25NO4S. The lowest BCUT2D eigenvalue weighted by Crippen LogP contribution is -2.24. The van der Waals surface area contributed by atoms with E-state index in [1.54, 1.807) is 26.0 Å². The Labute approximate surface area is 169 Å². The Bertz CT molecular complexity index is 996. The first-order valence-electron chi connectivity index (χ1n) is 9.05. The van der Waals surface area contributed by atoms with Crippen LogP contribution in [0.5, 0.6) is 11.5 Å². The summed E-state index contributed by atoms with van der Waals surface area (Å²) in [6.07, 6.45) is 2.04. The van der Waals surface area contributed by atoms with Gasteiger partial charge in [0.1, 0.15) is 11.3 Å². The topological polar surface area (TPSA) is 60.7 Å². The molecule has 28 heavy (non-hydrogen) atoms. The molecule has 1 atom stereocenters. The minimum absolute atomic E-state index is 0.0169. The van der Waals surface area contributed by atoms with E-state index in [4.69, 9.17) is 13.9 Å². The number of nitrogens with one attached hydrogen (secondary N) is 1. The van der Waals surface area contributed by atoms with Crippen LogP contribution in [0.3, 0.4) is 0 Å². The van der Waals surface area contributed by atoms with Gasteiger partial charge in [0.2, 0.25) is 5.91 Å². The van der Waals surface area contributed by atoms with E-state index in [1.807, 2.05) is 30.5 Å². The smallest absolute Gasteiger partial charge is 0.216 e. The maximum absolute atomic E-state index is 11.2. The van der Waals surface area contributed by atoms with Gasteiger partial charge in [-0.15, -0.1) is 11.8 Å². The largest absolute Gasteiger partial charge is 0.493 e. The van der Waals surface area contributed by atoms with Gasteiger partial charge in [-0.25, -0.2) is 0 Å². The summed E-state index contributed by atoms with van der Waals surface area (Å²) in [6, 6.07) is 12.0. The van der Waals surface area contributed by atoms with E-state index in [2.05, 4.69) is 24.4 Å². The van der Waals surface area contributed by atoms with E-state index in [-0.39, 0.29) is 11.8 Å². The second-order valence-corrected chi connectivity index (χ2v) is 7.44. The van der Waals surface area contributed by atoms with Crippen molar-refractivity contribution >= 4 is 28.6 Å². The van der Waals surface area contributed by atoms with Gasteiger partial charge in [0.15, 0.2) is 11.5 Å². The number of carbonyl (C=O) groups excluding carboxylic acids is 1. The highest BCUT2D eigenvalue weighted by Gasteiger charge is 2.18. The van der Waals surface area contributed by atoms with E-state index < -0.39 is 0 Å². The van der Waals surface area contributed by atoms with Gasteiger partial charge in [-0.05, 0) is 48.1 Å². The number of carbonyl (C=O) groups is 1. The summed E-state index contributed by atoms with van der Waals surface area (Å²) in [6.45, 7) is 4.24. The summed E-state index contributed by atoms with van der Waals surface area (Å²) in [5, 5.41) is 3.96. The maximum atomic E-state index is 11.2. The third-order valence-corrected chi connectivity index (χ3v) is 5.56. The van der Waals surface area contributed by atoms with Gasteiger partial charge in [0, 0.05) is 24.4 Å². The van der Waals surface area contributed by atoms with E-state index in [0.29, 0.717) is 18.0 Å². The van der Waals surface area contributed by atoms with Crippen LogP contribution >= 0.6 is 11.8 Å². The number of fused-ring (bicyclic) bond motifs is 1. The second-order valence-electron chi connectivity index (χ2n) is 6.63. The molecular weight excluding hydrogens is 374 g/mol. The lowest BCUT2D eigenvalue weighted by atomic mass is 9.99. The minimum Gasteiger partial charge on any atom is -0.493 e. The molecule has 3 aromatic rings. The van der Waals surface area contributed by atoms with Crippen molar-refractivity contribution in [3.8, 4) is 22.8 Å². The van der Waals surface area contributed by atoms with Gasteiger partial charge in [0.25, 0.3) is 0 Å². The number of hydrogen-bond acceptors (Lipinski definition) is 5. The first-order chi connectivity index (χ1) is 13.5. The normalized spacial score (nSPS) is 12.0. The fourth-order valence-corrected chi connectivity index (χ4v) is 3.91. The van der Waals surface area contributed by atoms with Crippen molar-refractivity contribution in [1.29, 1.82) is 0 Å². The number of hydrogen-bond donors (Lipinski definition) is 1. The second kappa shape index (κ2) is 8.61. The average Bonchev–Trinajstić information content (AvgIpc) is 3.09. The number of amides is 1. The lowest BCUT2D eigenvalue weighted by Gasteiger charge is -2.12. The van der Waals surface area contributed by atoms with Crippen LogP contribution in [0.2, 0.25) is 0 Å². The molecule has 0 saturated heterocycles. The highest BCUT2D eigenvalue weighted by atomic mass is 32.2. The van der Waals surface area contributed by atoms with Gasteiger partial charge in [0.05, 0.1) is 19.1 Å². The van der Waals surface area contributed by atoms with E-state index in [1.165, 1.54) is 6.92 Å².